The van der Waals surface area contributed by atoms with Crippen LogP contribution in [0.4, 0.5) is 5.69 Å². The molecule has 2 rings (SSSR count). The highest BCUT2D eigenvalue weighted by Crippen LogP contribution is 2.30. The summed E-state index contributed by atoms with van der Waals surface area (Å²) in [5.41, 5.74) is 6.85. The Hall–Kier alpha value is -1.71. The highest BCUT2D eigenvalue weighted by molar-refractivity contribution is 6.37. The zero-order valence-electron chi connectivity index (χ0n) is 10.8. The van der Waals surface area contributed by atoms with Gasteiger partial charge in [-0.1, -0.05) is 29.3 Å². The Balaban J connectivity index is 2.56. The molecule has 104 valence electrons. The molecule has 2 N–H and O–H groups in total. The largest absolute Gasteiger partial charge is 0.493 e. The molecule has 0 bridgehead atoms. The van der Waals surface area contributed by atoms with Gasteiger partial charge in [-0.2, -0.15) is 0 Å². The van der Waals surface area contributed by atoms with Crippen LogP contribution in [0.5, 0.6) is 5.75 Å². The summed E-state index contributed by atoms with van der Waals surface area (Å²) in [5.74, 6) is 0.132. The summed E-state index contributed by atoms with van der Waals surface area (Å²) in [6, 6.07) is 9.81. The normalized spacial score (nSPS) is 10.3. The number of benzene rings is 2. The van der Waals surface area contributed by atoms with Crippen molar-refractivity contribution in [2.24, 2.45) is 0 Å². The van der Waals surface area contributed by atoms with Crippen molar-refractivity contribution in [2.75, 3.05) is 12.3 Å². The molecule has 2 aromatic rings. The average Bonchev–Trinajstić information content (AvgIpc) is 2.41. The van der Waals surface area contributed by atoms with Crippen molar-refractivity contribution in [3.8, 4) is 5.75 Å². The molecule has 0 fully saturated rings. The number of hydrogen-bond acceptors (Lipinski definition) is 3. The molecular weight excluding hydrogens is 297 g/mol. The van der Waals surface area contributed by atoms with Gasteiger partial charge in [-0.05, 0) is 37.3 Å². The van der Waals surface area contributed by atoms with E-state index in [1.807, 2.05) is 6.92 Å². The fourth-order valence-corrected chi connectivity index (χ4v) is 2.25. The van der Waals surface area contributed by atoms with Gasteiger partial charge in [0.05, 0.1) is 17.2 Å². The summed E-state index contributed by atoms with van der Waals surface area (Å²) in [6.45, 7) is 2.27. The Bertz CT molecular complexity index is 656. The number of ketones is 1. The fraction of sp³-hybridized carbons (Fsp3) is 0.133. The van der Waals surface area contributed by atoms with E-state index < -0.39 is 0 Å². The van der Waals surface area contributed by atoms with Crippen LogP contribution < -0.4 is 10.5 Å². The highest BCUT2D eigenvalue weighted by atomic mass is 35.5. The van der Waals surface area contributed by atoms with Crippen molar-refractivity contribution in [1.29, 1.82) is 0 Å². The lowest BCUT2D eigenvalue weighted by molar-refractivity contribution is 0.103. The third-order valence-corrected chi connectivity index (χ3v) is 3.32. The lowest BCUT2D eigenvalue weighted by Gasteiger charge is -2.12. The van der Waals surface area contributed by atoms with Gasteiger partial charge < -0.3 is 10.5 Å². The molecule has 20 heavy (non-hydrogen) atoms. The van der Waals surface area contributed by atoms with E-state index in [2.05, 4.69) is 0 Å². The minimum Gasteiger partial charge on any atom is -0.493 e. The molecule has 0 radical (unpaired) electrons. The second-order valence-corrected chi connectivity index (χ2v) is 4.95. The monoisotopic (exact) mass is 309 g/mol. The number of carbonyl (C=O) groups is 1. The summed E-state index contributed by atoms with van der Waals surface area (Å²) < 4.78 is 5.45. The molecule has 0 saturated heterocycles. The van der Waals surface area contributed by atoms with E-state index in [0.717, 1.165) is 0 Å². The lowest BCUT2D eigenvalue weighted by Crippen LogP contribution is -2.09. The Morgan fingerprint density at radius 2 is 2.00 bits per heavy atom. The van der Waals surface area contributed by atoms with Gasteiger partial charge in [-0.25, -0.2) is 0 Å². The molecule has 0 aliphatic rings. The van der Waals surface area contributed by atoms with E-state index in [0.29, 0.717) is 39.2 Å². The highest BCUT2D eigenvalue weighted by Gasteiger charge is 2.20. The van der Waals surface area contributed by atoms with Crippen LogP contribution in [0.25, 0.3) is 0 Å². The van der Waals surface area contributed by atoms with E-state index in [9.17, 15) is 4.79 Å². The van der Waals surface area contributed by atoms with Crippen LogP contribution in [-0.4, -0.2) is 12.4 Å². The van der Waals surface area contributed by atoms with Gasteiger partial charge in [0.2, 0.25) is 0 Å². The zero-order chi connectivity index (χ0) is 14.7. The molecule has 3 nitrogen and oxygen atoms in total. The molecule has 0 unspecified atom stereocenters. The summed E-state index contributed by atoms with van der Waals surface area (Å²) >= 11 is 12.0. The molecule has 5 heteroatoms. The van der Waals surface area contributed by atoms with Crippen LogP contribution in [0.1, 0.15) is 22.8 Å². The van der Waals surface area contributed by atoms with Crippen LogP contribution in [0.3, 0.4) is 0 Å². The van der Waals surface area contributed by atoms with Gasteiger partial charge >= 0.3 is 0 Å². The quantitative estimate of drug-likeness (QED) is 0.680. The number of nitrogen functional groups attached to an aromatic ring is 1. The van der Waals surface area contributed by atoms with Crippen molar-refractivity contribution in [1.82, 2.24) is 0 Å². The van der Waals surface area contributed by atoms with Crippen molar-refractivity contribution >= 4 is 34.7 Å². The van der Waals surface area contributed by atoms with Gasteiger partial charge in [-0.15, -0.1) is 0 Å². The van der Waals surface area contributed by atoms with Crippen molar-refractivity contribution in [3.63, 3.8) is 0 Å². The number of anilines is 1. The third kappa shape index (κ3) is 2.89. The first kappa shape index (κ1) is 14.7. The second-order valence-electron chi connectivity index (χ2n) is 4.11. The van der Waals surface area contributed by atoms with E-state index >= 15 is 0 Å². The summed E-state index contributed by atoms with van der Waals surface area (Å²) in [6.07, 6.45) is 0. The van der Waals surface area contributed by atoms with Gasteiger partial charge in [0.25, 0.3) is 0 Å². The Labute approximate surface area is 127 Å². The molecule has 0 saturated carbocycles. The summed E-state index contributed by atoms with van der Waals surface area (Å²) in [7, 11) is 0. The summed E-state index contributed by atoms with van der Waals surface area (Å²) in [4.78, 5) is 12.6. The predicted molar refractivity (Wildman–Crippen MR) is 81.9 cm³/mol. The van der Waals surface area contributed by atoms with E-state index in [1.165, 1.54) is 6.07 Å². The maximum Gasteiger partial charge on any atom is 0.200 e. The Kier molecular flexibility index (Phi) is 4.53. The SMILES string of the molecule is CCOc1cccc(N)c1C(=O)c1cc(Cl)ccc1Cl. The number of nitrogens with two attached hydrogens (primary N) is 1. The maximum absolute atomic E-state index is 12.6. The first-order chi connectivity index (χ1) is 9.54. The molecule has 2 aromatic carbocycles. The molecule has 0 amide bonds. The molecule has 0 aliphatic heterocycles. The van der Waals surface area contributed by atoms with Crippen molar-refractivity contribution in [2.45, 2.75) is 6.92 Å². The Morgan fingerprint density at radius 1 is 1.25 bits per heavy atom. The van der Waals surface area contributed by atoms with Gasteiger partial charge in [0.1, 0.15) is 5.75 Å². The van der Waals surface area contributed by atoms with E-state index in [1.54, 1.807) is 30.3 Å². The van der Waals surface area contributed by atoms with Crippen LogP contribution in [0.2, 0.25) is 10.0 Å². The molecule has 0 atom stereocenters. The van der Waals surface area contributed by atoms with E-state index in [-0.39, 0.29) is 5.78 Å². The smallest absolute Gasteiger partial charge is 0.200 e. The zero-order valence-corrected chi connectivity index (χ0v) is 12.3. The molecule has 0 aromatic heterocycles. The second kappa shape index (κ2) is 6.16. The fourth-order valence-electron chi connectivity index (χ4n) is 1.87. The first-order valence-electron chi connectivity index (χ1n) is 6.05. The van der Waals surface area contributed by atoms with Crippen LogP contribution >= 0.6 is 23.2 Å². The van der Waals surface area contributed by atoms with Crippen LogP contribution in [0.15, 0.2) is 36.4 Å². The summed E-state index contributed by atoms with van der Waals surface area (Å²) in [5, 5.41) is 0.760. The molecular formula is C15H13Cl2NO2. The maximum atomic E-state index is 12.6. The number of halogens is 2. The van der Waals surface area contributed by atoms with Gasteiger partial charge in [0.15, 0.2) is 5.78 Å². The first-order valence-corrected chi connectivity index (χ1v) is 6.81. The Morgan fingerprint density at radius 3 is 2.70 bits per heavy atom. The average molecular weight is 310 g/mol. The number of rotatable bonds is 4. The lowest BCUT2D eigenvalue weighted by atomic mass is 10.0. The van der Waals surface area contributed by atoms with E-state index in [4.69, 9.17) is 33.7 Å². The van der Waals surface area contributed by atoms with Crippen molar-refractivity contribution in [3.05, 3.63) is 57.6 Å². The van der Waals surface area contributed by atoms with Gasteiger partial charge in [-0.3, -0.25) is 4.79 Å². The number of hydrogen-bond donors (Lipinski definition) is 1. The predicted octanol–water partition coefficient (Wildman–Crippen LogP) is 4.21. The minimum absolute atomic E-state index is 0.304. The third-order valence-electron chi connectivity index (χ3n) is 2.76. The molecule has 0 spiro atoms. The van der Waals surface area contributed by atoms with Crippen molar-refractivity contribution < 1.29 is 9.53 Å². The molecule has 0 heterocycles. The number of carbonyl (C=O) groups excluding carboxylic acids is 1. The topological polar surface area (TPSA) is 52.3 Å². The minimum atomic E-state index is -0.306. The molecule has 0 aliphatic carbocycles. The van der Waals surface area contributed by atoms with Crippen LogP contribution in [-0.2, 0) is 0 Å². The number of ether oxygens (including phenoxy) is 1. The van der Waals surface area contributed by atoms with Gasteiger partial charge in [0, 0.05) is 16.3 Å². The standard InChI is InChI=1S/C15H13Cl2NO2/c1-2-20-13-5-3-4-12(18)14(13)15(19)10-8-9(16)6-7-11(10)17/h3-8H,2,18H2,1H3. The van der Waals surface area contributed by atoms with Crippen LogP contribution in [0, 0.1) is 0 Å².